The first-order valence-corrected chi connectivity index (χ1v) is 8.41. The number of ether oxygens (including phenoxy) is 1. The van der Waals surface area contributed by atoms with Crippen LogP contribution in [-0.4, -0.2) is 36.5 Å². The lowest BCUT2D eigenvalue weighted by Crippen LogP contribution is -2.35. The van der Waals surface area contributed by atoms with Crippen molar-refractivity contribution in [2.75, 3.05) is 25.0 Å². The Labute approximate surface area is 132 Å². The van der Waals surface area contributed by atoms with Crippen LogP contribution in [0, 0.1) is 5.92 Å². The van der Waals surface area contributed by atoms with Crippen molar-refractivity contribution in [2.24, 2.45) is 5.92 Å². The van der Waals surface area contributed by atoms with E-state index >= 15 is 0 Å². The molecule has 1 saturated carbocycles. The Morgan fingerprint density at radius 2 is 2.23 bits per heavy atom. The topological polar surface area (TPSA) is 41.6 Å². The zero-order valence-electron chi connectivity index (χ0n) is 13.4. The third-order valence-electron chi connectivity index (χ3n) is 4.57. The molecule has 1 aromatic carbocycles. The lowest BCUT2D eigenvalue weighted by atomic mass is 10.2. The average Bonchev–Trinajstić information content (AvgIpc) is 3.23. The molecule has 4 heteroatoms. The lowest BCUT2D eigenvalue weighted by molar-refractivity contribution is -0.117. The summed E-state index contributed by atoms with van der Waals surface area (Å²) in [7, 11) is 0. The first-order chi connectivity index (χ1) is 10.7. The minimum atomic E-state index is 0.0739. The summed E-state index contributed by atoms with van der Waals surface area (Å²) in [5, 5.41) is 3.01. The predicted molar refractivity (Wildman–Crippen MR) is 87.7 cm³/mol. The van der Waals surface area contributed by atoms with Crippen molar-refractivity contribution in [3.05, 3.63) is 29.8 Å². The van der Waals surface area contributed by atoms with E-state index in [1.165, 1.54) is 25.7 Å². The van der Waals surface area contributed by atoms with Gasteiger partial charge in [0.2, 0.25) is 5.91 Å². The first kappa shape index (κ1) is 15.5. The fourth-order valence-electron chi connectivity index (χ4n) is 2.98. The molecule has 1 aromatic rings. The molecule has 2 fully saturated rings. The van der Waals surface area contributed by atoms with Crippen LogP contribution < -0.4 is 5.32 Å². The van der Waals surface area contributed by atoms with Gasteiger partial charge in [0.15, 0.2) is 0 Å². The molecule has 1 aliphatic carbocycles. The number of likely N-dealkylation sites (tertiary alicyclic amines) is 1. The standard InChI is InChI=1S/C18H26N2O2/c1-14-4-3-9-20(14)11-18(21)19-17-6-2-5-16(10-17)13-22-12-15-7-8-15/h2,5-6,10,14-15H,3-4,7-9,11-13H2,1H3,(H,19,21). The molecule has 2 aliphatic rings. The predicted octanol–water partition coefficient (Wildman–Crippen LogP) is 3.04. The molecule has 0 aromatic heterocycles. The number of carbonyl (C=O) groups is 1. The van der Waals surface area contributed by atoms with E-state index in [4.69, 9.17) is 4.74 Å². The molecular weight excluding hydrogens is 276 g/mol. The molecule has 1 N–H and O–H groups in total. The Bertz CT molecular complexity index is 514. The summed E-state index contributed by atoms with van der Waals surface area (Å²) in [5.41, 5.74) is 1.98. The van der Waals surface area contributed by atoms with Gasteiger partial charge in [-0.15, -0.1) is 0 Å². The van der Waals surface area contributed by atoms with Crippen molar-refractivity contribution in [2.45, 2.75) is 45.3 Å². The van der Waals surface area contributed by atoms with E-state index in [9.17, 15) is 4.79 Å². The molecule has 1 atom stereocenters. The largest absolute Gasteiger partial charge is 0.376 e. The highest BCUT2D eigenvalue weighted by molar-refractivity contribution is 5.92. The smallest absolute Gasteiger partial charge is 0.238 e. The van der Waals surface area contributed by atoms with Crippen LogP contribution in [0.3, 0.4) is 0 Å². The number of carbonyl (C=O) groups excluding carboxylic acids is 1. The third-order valence-corrected chi connectivity index (χ3v) is 4.57. The second-order valence-corrected chi connectivity index (χ2v) is 6.67. The van der Waals surface area contributed by atoms with Crippen molar-refractivity contribution < 1.29 is 9.53 Å². The van der Waals surface area contributed by atoms with Gasteiger partial charge in [0.25, 0.3) is 0 Å². The van der Waals surface area contributed by atoms with Gasteiger partial charge < -0.3 is 10.1 Å². The maximum Gasteiger partial charge on any atom is 0.238 e. The fourth-order valence-corrected chi connectivity index (χ4v) is 2.98. The van der Waals surface area contributed by atoms with Crippen LogP contribution in [0.2, 0.25) is 0 Å². The maximum atomic E-state index is 12.2. The number of hydrogen-bond donors (Lipinski definition) is 1. The number of benzene rings is 1. The normalized spacial score (nSPS) is 22.0. The minimum Gasteiger partial charge on any atom is -0.376 e. The third kappa shape index (κ3) is 4.55. The Morgan fingerprint density at radius 3 is 2.95 bits per heavy atom. The Hall–Kier alpha value is -1.39. The Morgan fingerprint density at radius 1 is 1.36 bits per heavy atom. The van der Waals surface area contributed by atoms with Crippen molar-refractivity contribution in [1.82, 2.24) is 4.90 Å². The molecule has 1 amide bonds. The van der Waals surface area contributed by atoms with E-state index in [1.54, 1.807) is 0 Å². The molecule has 1 heterocycles. The van der Waals surface area contributed by atoms with Crippen molar-refractivity contribution in [1.29, 1.82) is 0 Å². The summed E-state index contributed by atoms with van der Waals surface area (Å²) in [6, 6.07) is 8.50. The SMILES string of the molecule is CC1CCCN1CC(=O)Nc1cccc(COCC2CC2)c1. The molecule has 0 spiro atoms. The number of nitrogens with zero attached hydrogens (tertiary/aromatic N) is 1. The second kappa shape index (κ2) is 7.25. The molecule has 3 rings (SSSR count). The zero-order valence-corrected chi connectivity index (χ0v) is 13.4. The van der Waals surface area contributed by atoms with E-state index < -0.39 is 0 Å². The van der Waals surface area contributed by atoms with Gasteiger partial charge in [-0.25, -0.2) is 0 Å². The summed E-state index contributed by atoms with van der Waals surface area (Å²) in [5.74, 6) is 0.857. The van der Waals surface area contributed by atoms with Crippen LogP contribution in [0.4, 0.5) is 5.69 Å². The van der Waals surface area contributed by atoms with E-state index in [1.807, 2.05) is 24.3 Å². The summed E-state index contributed by atoms with van der Waals surface area (Å²) in [6.07, 6.45) is 5.01. The van der Waals surface area contributed by atoms with Crippen molar-refractivity contribution in [3.63, 3.8) is 0 Å². The van der Waals surface area contributed by atoms with Crippen molar-refractivity contribution >= 4 is 11.6 Å². The fraction of sp³-hybridized carbons (Fsp3) is 0.611. The van der Waals surface area contributed by atoms with E-state index in [2.05, 4.69) is 17.1 Å². The molecule has 1 unspecified atom stereocenters. The Balaban J connectivity index is 1.47. The number of rotatable bonds is 7. The highest BCUT2D eigenvalue weighted by Gasteiger charge is 2.22. The first-order valence-electron chi connectivity index (χ1n) is 8.41. The van der Waals surface area contributed by atoms with Gasteiger partial charge in [-0.2, -0.15) is 0 Å². The lowest BCUT2D eigenvalue weighted by Gasteiger charge is -2.20. The van der Waals surface area contributed by atoms with Crippen LogP contribution in [0.1, 0.15) is 38.2 Å². The second-order valence-electron chi connectivity index (χ2n) is 6.67. The van der Waals surface area contributed by atoms with Gasteiger partial charge >= 0.3 is 0 Å². The minimum absolute atomic E-state index is 0.0739. The molecule has 120 valence electrons. The molecule has 1 saturated heterocycles. The highest BCUT2D eigenvalue weighted by atomic mass is 16.5. The number of nitrogens with one attached hydrogen (secondary N) is 1. The van der Waals surface area contributed by atoms with Gasteiger partial charge in [0, 0.05) is 18.3 Å². The summed E-state index contributed by atoms with van der Waals surface area (Å²) < 4.78 is 5.70. The summed E-state index contributed by atoms with van der Waals surface area (Å²) >= 11 is 0. The van der Waals surface area contributed by atoms with Crippen LogP contribution in [-0.2, 0) is 16.1 Å². The summed E-state index contributed by atoms with van der Waals surface area (Å²) in [4.78, 5) is 14.4. The molecule has 0 bridgehead atoms. The molecule has 22 heavy (non-hydrogen) atoms. The van der Waals surface area contributed by atoms with E-state index in [-0.39, 0.29) is 5.91 Å². The molecule has 4 nitrogen and oxygen atoms in total. The van der Waals surface area contributed by atoms with Gasteiger partial charge in [-0.1, -0.05) is 12.1 Å². The zero-order chi connectivity index (χ0) is 15.4. The van der Waals surface area contributed by atoms with Crippen molar-refractivity contribution in [3.8, 4) is 0 Å². The molecule has 0 radical (unpaired) electrons. The quantitative estimate of drug-likeness (QED) is 0.842. The van der Waals surface area contributed by atoms with E-state index in [0.717, 1.165) is 30.3 Å². The average molecular weight is 302 g/mol. The van der Waals surface area contributed by atoms with Crippen LogP contribution >= 0.6 is 0 Å². The van der Waals surface area contributed by atoms with Gasteiger partial charge in [0.1, 0.15) is 0 Å². The number of hydrogen-bond acceptors (Lipinski definition) is 3. The van der Waals surface area contributed by atoms with Gasteiger partial charge in [0.05, 0.1) is 13.2 Å². The monoisotopic (exact) mass is 302 g/mol. The summed E-state index contributed by atoms with van der Waals surface area (Å²) in [6.45, 7) is 5.21. The number of anilines is 1. The molecule has 1 aliphatic heterocycles. The van der Waals surface area contributed by atoms with Gasteiger partial charge in [-0.05, 0) is 62.8 Å². The molecular formula is C18H26N2O2. The van der Waals surface area contributed by atoms with Gasteiger partial charge in [-0.3, -0.25) is 9.69 Å². The van der Waals surface area contributed by atoms with E-state index in [0.29, 0.717) is 19.2 Å². The number of amides is 1. The van der Waals surface area contributed by atoms with Crippen LogP contribution in [0.25, 0.3) is 0 Å². The maximum absolute atomic E-state index is 12.2. The van der Waals surface area contributed by atoms with Crippen LogP contribution in [0.15, 0.2) is 24.3 Å². The highest BCUT2D eigenvalue weighted by Crippen LogP contribution is 2.29. The Kier molecular flexibility index (Phi) is 5.11. The van der Waals surface area contributed by atoms with Crippen LogP contribution in [0.5, 0.6) is 0 Å².